The predicted molar refractivity (Wildman–Crippen MR) is 121 cm³/mol. The van der Waals surface area contributed by atoms with E-state index in [1.807, 2.05) is 55.5 Å². The second-order valence-electron chi connectivity index (χ2n) is 6.53. The largest absolute Gasteiger partial charge is 0.462 e. The molecule has 1 heterocycles. The Morgan fingerprint density at radius 1 is 0.800 bits per heavy atom. The van der Waals surface area contributed by atoms with Gasteiger partial charge >= 0.3 is 11.9 Å². The summed E-state index contributed by atoms with van der Waals surface area (Å²) in [5.74, 6) is -1.36. The third kappa shape index (κ3) is 4.69. The molecule has 0 unspecified atom stereocenters. The lowest BCUT2D eigenvalue weighted by Gasteiger charge is -2.08. The van der Waals surface area contributed by atoms with Crippen LogP contribution in [0.15, 0.2) is 66.2 Å². The van der Waals surface area contributed by atoms with Gasteiger partial charge in [-0.3, -0.25) is 0 Å². The van der Waals surface area contributed by atoms with Crippen LogP contribution in [0.1, 0.15) is 25.0 Å². The number of esters is 2. The quantitative estimate of drug-likeness (QED) is 0.207. The van der Waals surface area contributed by atoms with Crippen LogP contribution >= 0.6 is 11.3 Å². The van der Waals surface area contributed by atoms with E-state index in [4.69, 9.17) is 9.47 Å². The molecule has 0 N–H and O–H groups in total. The second kappa shape index (κ2) is 10.0. The van der Waals surface area contributed by atoms with Crippen molar-refractivity contribution in [2.75, 3.05) is 13.2 Å². The van der Waals surface area contributed by atoms with Crippen LogP contribution in [0.4, 0.5) is 0 Å². The van der Waals surface area contributed by atoms with Crippen molar-refractivity contribution in [2.45, 2.75) is 20.8 Å². The van der Waals surface area contributed by atoms with Gasteiger partial charge in [-0.05, 0) is 49.1 Å². The molecule has 0 saturated carbocycles. The average molecular weight is 421 g/mol. The SMILES string of the molecule is CCOC(=O)C(=Cc1c(-c2ccccc2)sc(-c2ccccc2)c1C)C(=O)OCC. The average Bonchev–Trinajstić information content (AvgIpc) is 3.09. The van der Waals surface area contributed by atoms with E-state index < -0.39 is 11.9 Å². The molecular formula is C25H24O4S. The molecule has 5 heteroatoms. The van der Waals surface area contributed by atoms with E-state index in [-0.39, 0.29) is 18.8 Å². The molecule has 0 spiro atoms. The lowest BCUT2D eigenvalue weighted by Crippen LogP contribution is -2.18. The minimum absolute atomic E-state index is 0.101. The Morgan fingerprint density at radius 3 is 1.73 bits per heavy atom. The topological polar surface area (TPSA) is 52.6 Å². The molecule has 0 bridgehead atoms. The van der Waals surface area contributed by atoms with Gasteiger partial charge in [-0.2, -0.15) is 0 Å². The number of thiophene rings is 1. The van der Waals surface area contributed by atoms with Crippen LogP contribution in [-0.4, -0.2) is 25.2 Å². The summed E-state index contributed by atoms with van der Waals surface area (Å²) >= 11 is 1.64. The van der Waals surface area contributed by atoms with Crippen LogP contribution in [-0.2, 0) is 19.1 Å². The highest BCUT2D eigenvalue weighted by Gasteiger charge is 2.24. The molecule has 4 nitrogen and oxygen atoms in total. The lowest BCUT2D eigenvalue weighted by molar-refractivity contribution is -0.146. The molecule has 3 rings (SSSR count). The number of rotatable bonds is 7. The van der Waals surface area contributed by atoms with Crippen molar-refractivity contribution in [1.29, 1.82) is 0 Å². The summed E-state index contributed by atoms with van der Waals surface area (Å²) in [4.78, 5) is 27.1. The van der Waals surface area contributed by atoms with E-state index in [1.165, 1.54) is 0 Å². The fourth-order valence-corrected chi connectivity index (χ4v) is 4.43. The number of benzene rings is 2. The van der Waals surface area contributed by atoms with Crippen molar-refractivity contribution in [3.8, 4) is 20.9 Å². The summed E-state index contributed by atoms with van der Waals surface area (Å²) < 4.78 is 10.2. The van der Waals surface area contributed by atoms with Crippen LogP contribution in [0, 0.1) is 6.92 Å². The van der Waals surface area contributed by atoms with Crippen molar-refractivity contribution in [1.82, 2.24) is 0 Å². The Bertz CT molecular complexity index is 1030. The minimum Gasteiger partial charge on any atom is -0.462 e. The predicted octanol–water partition coefficient (Wildman–Crippen LogP) is 5.90. The van der Waals surface area contributed by atoms with Crippen molar-refractivity contribution in [3.05, 3.63) is 77.4 Å². The van der Waals surface area contributed by atoms with E-state index in [0.29, 0.717) is 0 Å². The third-order valence-electron chi connectivity index (χ3n) is 4.54. The van der Waals surface area contributed by atoms with Crippen molar-refractivity contribution >= 4 is 29.4 Å². The molecule has 0 aliphatic heterocycles. The molecule has 30 heavy (non-hydrogen) atoms. The summed E-state index contributed by atoms with van der Waals surface area (Å²) in [5, 5.41) is 0. The Kier molecular flexibility index (Phi) is 7.20. The highest BCUT2D eigenvalue weighted by Crippen LogP contribution is 2.43. The Hall–Kier alpha value is -3.18. The second-order valence-corrected chi connectivity index (χ2v) is 7.55. The first-order valence-electron chi connectivity index (χ1n) is 9.87. The van der Waals surface area contributed by atoms with Gasteiger partial charge in [-0.15, -0.1) is 11.3 Å². The molecule has 0 aliphatic rings. The first kappa shape index (κ1) is 21.5. The smallest absolute Gasteiger partial charge is 0.345 e. The molecule has 0 aliphatic carbocycles. The molecule has 2 aromatic carbocycles. The van der Waals surface area contributed by atoms with Crippen molar-refractivity contribution < 1.29 is 19.1 Å². The molecule has 0 radical (unpaired) electrons. The van der Waals surface area contributed by atoms with Gasteiger partial charge in [0, 0.05) is 9.75 Å². The van der Waals surface area contributed by atoms with Gasteiger partial charge in [-0.1, -0.05) is 60.7 Å². The summed E-state index contributed by atoms with van der Waals surface area (Å²) in [5.41, 5.74) is 3.82. The first-order chi connectivity index (χ1) is 14.6. The first-order valence-corrected chi connectivity index (χ1v) is 10.7. The zero-order valence-corrected chi connectivity index (χ0v) is 18.1. The van der Waals surface area contributed by atoms with E-state index >= 15 is 0 Å². The molecule has 0 saturated heterocycles. The summed E-state index contributed by atoms with van der Waals surface area (Å²) in [7, 11) is 0. The Labute approximate surface area is 180 Å². The van der Waals surface area contributed by atoms with E-state index in [1.54, 1.807) is 31.3 Å². The number of carbonyl (C=O) groups excluding carboxylic acids is 2. The Balaban J connectivity index is 2.22. The maximum absolute atomic E-state index is 12.5. The maximum atomic E-state index is 12.5. The van der Waals surface area contributed by atoms with Crippen LogP contribution in [0.2, 0.25) is 0 Å². The fraction of sp³-hybridized carbons (Fsp3) is 0.200. The fourth-order valence-electron chi connectivity index (χ4n) is 3.13. The highest BCUT2D eigenvalue weighted by molar-refractivity contribution is 7.19. The van der Waals surface area contributed by atoms with Gasteiger partial charge in [0.1, 0.15) is 5.57 Å². The molecule has 0 amide bonds. The monoisotopic (exact) mass is 420 g/mol. The van der Waals surface area contributed by atoms with E-state index in [2.05, 4.69) is 12.1 Å². The number of hydrogen-bond acceptors (Lipinski definition) is 5. The molecular weight excluding hydrogens is 396 g/mol. The van der Waals surface area contributed by atoms with E-state index in [0.717, 1.165) is 32.0 Å². The number of hydrogen-bond donors (Lipinski definition) is 0. The number of carbonyl (C=O) groups is 2. The normalized spacial score (nSPS) is 10.4. The number of ether oxygens (including phenoxy) is 2. The Morgan fingerprint density at radius 2 is 1.27 bits per heavy atom. The van der Waals surface area contributed by atoms with Crippen molar-refractivity contribution in [2.24, 2.45) is 0 Å². The van der Waals surface area contributed by atoms with Gasteiger partial charge in [0.2, 0.25) is 0 Å². The minimum atomic E-state index is -0.679. The third-order valence-corrected chi connectivity index (χ3v) is 5.95. The van der Waals surface area contributed by atoms with Gasteiger partial charge < -0.3 is 9.47 Å². The van der Waals surface area contributed by atoms with Crippen molar-refractivity contribution in [3.63, 3.8) is 0 Å². The van der Waals surface area contributed by atoms with Gasteiger partial charge in [0.25, 0.3) is 0 Å². The maximum Gasteiger partial charge on any atom is 0.345 e. The molecule has 0 atom stereocenters. The highest BCUT2D eigenvalue weighted by atomic mass is 32.1. The standard InChI is InChI=1S/C25H24O4S/c1-4-28-24(26)21(25(27)29-5-2)16-20-17(3)22(18-12-8-6-9-13-18)30-23(20)19-14-10-7-11-15-19/h6-16H,4-5H2,1-3H3. The summed E-state index contributed by atoms with van der Waals surface area (Å²) in [6.45, 7) is 5.78. The molecule has 0 fully saturated rings. The lowest BCUT2D eigenvalue weighted by atomic mass is 10.0. The van der Waals surface area contributed by atoms with Gasteiger partial charge in [0.05, 0.1) is 13.2 Å². The zero-order chi connectivity index (χ0) is 21.5. The zero-order valence-electron chi connectivity index (χ0n) is 17.3. The molecule has 1 aromatic heterocycles. The van der Waals surface area contributed by atoms with Crippen LogP contribution in [0.25, 0.3) is 27.0 Å². The summed E-state index contributed by atoms with van der Waals surface area (Å²) in [6, 6.07) is 20.0. The van der Waals surface area contributed by atoms with Gasteiger partial charge in [-0.25, -0.2) is 9.59 Å². The molecule has 154 valence electrons. The van der Waals surface area contributed by atoms with Crippen LogP contribution in [0.5, 0.6) is 0 Å². The van der Waals surface area contributed by atoms with Crippen LogP contribution in [0.3, 0.4) is 0 Å². The van der Waals surface area contributed by atoms with Gasteiger partial charge in [0.15, 0.2) is 0 Å². The summed E-state index contributed by atoms with van der Waals surface area (Å²) in [6.07, 6.45) is 1.61. The van der Waals surface area contributed by atoms with Crippen LogP contribution < -0.4 is 0 Å². The van der Waals surface area contributed by atoms with E-state index in [9.17, 15) is 9.59 Å². The molecule has 3 aromatic rings.